The van der Waals surface area contributed by atoms with E-state index in [1.165, 1.54) is 12.8 Å². The number of aliphatic hydroxyl groups is 1. The topological polar surface area (TPSA) is 68.2 Å². The normalized spacial score (nSPS) is 15.7. The van der Waals surface area contributed by atoms with E-state index >= 15 is 0 Å². The van der Waals surface area contributed by atoms with E-state index in [0.717, 1.165) is 41.5 Å². The molecular formula is C17H21N5O. The lowest BCUT2D eigenvalue weighted by Gasteiger charge is -2.01. The van der Waals surface area contributed by atoms with Crippen molar-refractivity contribution < 1.29 is 5.11 Å². The van der Waals surface area contributed by atoms with Gasteiger partial charge in [0.1, 0.15) is 11.3 Å². The molecule has 0 aliphatic heterocycles. The smallest absolute Gasteiger partial charge is 0.178 e. The van der Waals surface area contributed by atoms with Crippen molar-refractivity contribution in [1.29, 1.82) is 0 Å². The van der Waals surface area contributed by atoms with Crippen LogP contribution >= 0.6 is 0 Å². The van der Waals surface area contributed by atoms with Crippen LogP contribution in [0.5, 0.6) is 0 Å². The lowest BCUT2D eigenvalue weighted by molar-refractivity contribution is 0.269. The lowest BCUT2D eigenvalue weighted by atomic mass is 10.1. The maximum Gasteiger partial charge on any atom is 0.178 e. The van der Waals surface area contributed by atoms with Crippen LogP contribution in [-0.2, 0) is 6.54 Å². The van der Waals surface area contributed by atoms with Crippen LogP contribution in [0, 0.1) is 6.92 Å². The van der Waals surface area contributed by atoms with Gasteiger partial charge in [-0.25, -0.2) is 14.6 Å². The number of aromatic nitrogens is 5. The fourth-order valence-electron chi connectivity index (χ4n) is 3.41. The van der Waals surface area contributed by atoms with Gasteiger partial charge >= 0.3 is 0 Å². The van der Waals surface area contributed by atoms with Crippen molar-refractivity contribution in [3.63, 3.8) is 0 Å². The Morgan fingerprint density at radius 3 is 2.78 bits per heavy atom. The fraction of sp³-hybridized carbons (Fsp3) is 0.471. The molecule has 1 aliphatic carbocycles. The molecule has 0 unspecified atom stereocenters. The molecule has 0 radical (unpaired) electrons. The maximum atomic E-state index is 9.34. The average molecular weight is 311 g/mol. The second-order valence-corrected chi connectivity index (χ2v) is 6.24. The number of hydrogen-bond acceptors (Lipinski definition) is 4. The quantitative estimate of drug-likeness (QED) is 0.804. The van der Waals surface area contributed by atoms with Crippen LogP contribution in [0.25, 0.3) is 17.2 Å². The first-order valence-electron chi connectivity index (χ1n) is 8.27. The molecule has 0 spiro atoms. The number of imidazole rings is 1. The highest BCUT2D eigenvalue weighted by Gasteiger charge is 2.24. The van der Waals surface area contributed by atoms with E-state index in [9.17, 15) is 5.11 Å². The standard InChI is InChI=1S/C17H21N5O/c1-12-5-4-8-15-18-14(11-21(12)15)17-19-16(13-6-2-3-7-13)20-22(17)9-10-23/h4-5,8,11,13,23H,2-3,6-7,9-10H2,1H3. The Morgan fingerprint density at radius 1 is 1.22 bits per heavy atom. The molecule has 4 rings (SSSR count). The van der Waals surface area contributed by atoms with Gasteiger partial charge in [0, 0.05) is 17.8 Å². The summed E-state index contributed by atoms with van der Waals surface area (Å²) in [5.74, 6) is 2.11. The molecule has 0 saturated heterocycles. The van der Waals surface area contributed by atoms with Gasteiger partial charge in [-0.1, -0.05) is 18.9 Å². The summed E-state index contributed by atoms with van der Waals surface area (Å²) in [5, 5.41) is 14.0. The zero-order valence-corrected chi connectivity index (χ0v) is 13.3. The van der Waals surface area contributed by atoms with Crippen molar-refractivity contribution in [1.82, 2.24) is 24.1 Å². The predicted molar refractivity (Wildman–Crippen MR) is 87.2 cm³/mol. The molecule has 0 aromatic carbocycles. The second kappa shape index (κ2) is 5.77. The third-order valence-corrected chi connectivity index (χ3v) is 4.65. The predicted octanol–water partition coefficient (Wildman–Crippen LogP) is 2.55. The number of nitrogens with zero attached hydrogens (tertiary/aromatic N) is 5. The molecule has 1 saturated carbocycles. The fourth-order valence-corrected chi connectivity index (χ4v) is 3.41. The van der Waals surface area contributed by atoms with Gasteiger partial charge in [0.15, 0.2) is 11.6 Å². The Bertz CT molecular complexity index is 829. The molecule has 1 N–H and O–H groups in total. The maximum absolute atomic E-state index is 9.34. The summed E-state index contributed by atoms with van der Waals surface area (Å²) in [4.78, 5) is 9.46. The Kier molecular flexibility index (Phi) is 3.61. The Morgan fingerprint density at radius 2 is 2.04 bits per heavy atom. The largest absolute Gasteiger partial charge is 0.394 e. The zero-order chi connectivity index (χ0) is 15.8. The van der Waals surface area contributed by atoms with Gasteiger partial charge in [0.2, 0.25) is 0 Å². The highest BCUT2D eigenvalue weighted by atomic mass is 16.3. The molecule has 6 nitrogen and oxygen atoms in total. The third-order valence-electron chi connectivity index (χ3n) is 4.65. The first kappa shape index (κ1) is 14.4. The minimum atomic E-state index is 0.0485. The number of rotatable bonds is 4. The average Bonchev–Trinajstić information content (AvgIpc) is 3.26. The summed E-state index contributed by atoms with van der Waals surface area (Å²) in [7, 11) is 0. The van der Waals surface area contributed by atoms with Gasteiger partial charge in [-0.3, -0.25) is 0 Å². The van der Waals surface area contributed by atoms with E-state index in [2.05, 4.69) is 27.5 Å². The van der Waals surface area contributed by atoms with E-state index in [0.29, 0.717) is 12.5 Å². The molecule has 0 amide bonds. The van der Waals surface area contributed by atoms with Crippen LogP contribution in [0.3, 0.4) is 0 Å². The number of aryl methyl sites for hydroxylation is 1. The van der Waals surface area contributed by atoms with Gasteiger partial charge in [-0.15, -0.1) is 0 Å². The van der Waals surface area contributed by atoms with Gasteiger partial charge in [0.25, 0.3) is 0 Å². The highest BCUT2D eigenvalue weighted by molar-refractivity contribution is 5.56. The molecule has 1 fully saturated rings. The van der Waals surface area contributed by atoms with Crippen LogP contribution < -0.4 is 0 Å². The lowest BCUT2D eigenvalue weighted by Crippen LogP contribution is -2.07. The van der Waals surface area contributed by atoms with Crippen LogP contribution in [0.2, 0.25) is 0 Å². The molecule has 3 aromatic rings. The van der Waals surface area contributed by atoms with Crippen molar-refractivity contribution >= 4 is 5.65 Å². The molecular weight excluding hydrogens is 290 g/mol. The summed E-state index contributed by atoms with van der Waals surface area (Å²) >= 11 is 0. The molecule has 0 atom stereocenters. The highest BCUT2D eigenvalue weighted by Crippen LogP contribution is 2.33. The van der Waals surface area contributed by atoms with Crippen LogP contribution in [0.1, 0.15) is 43.1 Å². The Labute approximate surface area is 134 Å². The van der Waals surface area contributed by atoms with E-state index in [4.69, 9.17) is 4.98 Å². The first-order valence-corrected chi connectivity index (χ1v) is 8.27. The van der Waals surface area contributed by atoms with Gasteiger partial charge < -0.3 is 9.51 Å². The molecule has 120 valence electrons. The van der Waals surface area contributed by atoms with Crippen molar-refractivity contribution in [2.24, 2.45) is 0 Å². The van der Waals surface area contributed by atoms with Gasteiger partial charge in [0.05, 0.1) is 13.2 Å². The third kappa shape index (κ3) is 2.53. The minimum absolute atomic E-state index is 0.0485. The van der Waals surface area contributed by atoms with Crippen LogP contribution in [0.4, 0.5) is 0 Å². The molecule has 23 heavy (non-hydrogen) atoms. The van der Waals surface area contributed by atoms with E-state index in [1.54, 1.807) is 4.68 Å². The van der Waals surface area contributed by atoms with Crippen molar-refractivity contribution in [2.45, 2.75) is 45.1 Å². The van der Waals surface area contributed by atoms with E-state index < -0.39 is 0 Å². The summed E-state index contributed by atoms with van der Waals surface area (Å²) < 4.78 is 3.85. The molecule has 3 aromatic heterocycles. The van der Waals surface area contributed by atoms with Crippen LogP contribution in [-0.4, -0.2) is 35.9 Å². The summed E-state index contributed by atoms with van der Waals surface area (Å²) in [6.45, 7) is 2.55. The van der Waals surface area contributed by atoms with Gasteiger partial charge in [-0.05, 0) is 31.9 Å². The zero-order valence-electron chi connectivity index (χ0n) is 13.3. The number of fused-ring (bicyclic) bond motifs is 1. The molecule has 6 heteroatoms. The summed E-state index contributed by atoms with van der Waals surface area (Å²) in [6, 6.07) is 6.05. The number of aliphatic hydroxyl groups excluding tert-OH is 1. The number of hydrogen-bond donors (Lipinski definition) is 1. The Hall–Kier alpha value is -2.21. The first-order chi connectivity index (χ1) is 11.3. The number of pyridine rings is 1. The SMILES string of the molecule is Cc1cccc2nc(-c3nc(C4CCCC4)nn3CCO)cn12. The monoisotopic (exact) mass is 311 g/mol. The Balaban J connectivity index is 1.80. The van der Waals surface area contributed by atoms with Gasteiger partial charge in [-0.2, -0.15) is 5.10 Å². The molecule has 1 aliphatic rings. The van der Waals surface area contributed by atoms with Crippen LogP contribution in [0.15, 0.2) is 24.4 Å². The summed E-state index contributed by atoms with van der Waals surface area (Å²) in [6.07, 6.45) is 6.82. The molecule has 0 bridgehead atoms. The van der Waals surface area contributed by atoms with Crippen molar-refractivity contribution in [3.8, 4) is 11.5 Å². The van der Waals surface area contributed by atoms with Crippen molar-refractivity contribution in [3.05, 3.63) is 35.9 Å². The van der Waals surface area contributed by atoms with Crippen molar-refractivity contribution in [2.75, 3.05) is 6.61 Å². The molecule has 3 heterocycles. The van der Waals surface area contributed by atoms with E-state index in [1.807, 2.05) is 18.3 Å². The second-order valence-electron chi connectivity index (χ2n) is 6.24. The minimum Gasteiger partial charge on any atom is -0.394 e. The summed E-state index contributed by atoms with van der Waals surface area (Å²) in [5.41, 5.74) is 2.84. The van der Waals surface area contributed by atoms with E-state index in [-0.39, 0.29) is 6.61 Å².